The molecule has 3 N–H and O–H groups in total. The Morgan fingerprint density at radius 1 is 1.32 bits per heavy atom. The SMILES string of the molecule is Cc1nc2c(s1)CCC[C@H]2NC(=O)c1cn(C2CCC(N)CC2)nn1. The van der Waals surface area contributed by atoms with E-state index in [0.29, 0.717) is 17.8 Å². The molecule has 0 unspecified atom stereocenters. The van der Waals surface area contributed by atoms with Crippen LogP contribution >= 0.6 is 11.3 Å². The first-order chi connectivity index (χ1) is 12.1. The van der Waals surface area contributed by atoms with E-state index in [0.717, 1.165) is 55.6 Å². The second-order valence-electron chi connectivity index (χ2n) is 7.11. The molecule has 4 rings (SSSR count). The summed E-state index contributed by atoms with van der Waals surface area (Å²) in [5, 5.41) is 12.4. The number of nitrogens with two attached hydrogens (primary N) is 1. The number of rotatable bonds is 3. The minimum absolute atomic E-state index is 0.0148. The monoisotopic (exact) mass is 360 g/mol. The maximum absolute atomic E-state index is 12.6. The Kier molecular flexibility index (Phi) is 4.56. The number of nitrogens with one attached hydrogen (secondary N) is 1. The molecule has 0 radical (unpaired) electrons. The van der Waals surface area contributed by atoms with Crippen molar-refractivity contribution < 1.29 is 4.79 Å². The van der Waals surface area contributed by atoms with Crippen molar-refractivity contribution in [2.45, 2.75) is 70.0 Å². The molecule has 1 saturated carbocycles. The number of hydrogen-bond acceptors (Lipinski definition) is 6. The van der Waals surface area contributed by atoms with Gasteiger partial charge in [0.25, 0.3) is 5.91 Å². The van der Waals surface area contributed by atoms with Crippen LogP contribution in [0.5, 0.6) is 0 Å². The van der Waals surface area contributed by atoms with Crippen molar-refractivity contribution in [1.29, 1.82) is 0 Å². The number of hydrogen-bond donors (Lipinski definition) is 2. The first-order valence-corrected chi connectivity index (χ1v) is 9.86. The van der Waals surface area contributed by atoms with E-state index >= 15 is 0 Å². The topological polar surface area (TPSA) is 98.7 Å². The van der Waals surface area contributed by atoms with Crippen LogP contribution in [0.4, 0.5) is 0 Å². The van der Waals surface area contributed by atoms with Crippen LogP contribution in [0.3, 0.4) is 0 Å². The van der Waals surface area contributed by atoms with Crippen molar-refractivity contribution in [1.82, 2.24) is 25.3 Å². The molecule has 1 amide bonds. The Morgan fingerprint density at radius 2 is 2.12 bits per heavy atom. The van der Waals surface area contributed by atoms with Crippen LogP contribution in [0.15, 0.2) is 6.20 Å². The molecule has 8 heteroatoms. The number of thiazole rings is 1. The highest BCUT2D eigenvalue weighted by Gasteiger charge is 2.27. The summed E-state index contributed by atoms with van der Waals surface area (Å²) in [7, 11) is 0. The van der Waals surface area contributed by atoms with Crippen LogP contribution in [0.1, 0.15) is 76.7 Å². The summed E-state index contributed by atoms with van der Waals surface area (Å²) < 4.78 is 1.83. The van der Waals surface area contributed by atoms with E-state index in [1.165, 1.54) is 4.88 Å². The zero-order valence-electron chi connectivity index (χ0n) is 14.4. The van der Waals surface area contributed by atoms with Crippen LogP contribution in [0.25, 0.3) is 0 Å². The maximum atomic E-state index is 12.6. The Hall–Kier alpha value is -1.80. The third-order valence-electron chi connectivity index (χ3n) is 5.22. The number of nitrogens with zero attached hydrogens (tertiary/aromatic N) is 4. The van der Waals surface area contributed by atoms with E-state index in [2.05, 4.69) is 20.6 Å². The number of carbonyl (C=O) groups excluding carboxylic acids is 1. The average molecular weight is 360 g/mol. The summed E-state index contributed by atoms with van der Waals surface area (Å²) in [6.45, 7) is 2.02. The van der Waals surface area contributed by atoms with Crippen LogP contribution in [-0.2, 0) is 6.42 Å². The molecule has 1 fully saturated rings. The molecule has 0 aromatic carbocycles. The third-order valence-corrected chi connectivity index (χ3v) is 6.27. The Balaban J connectivity index is 1.44. The van der Waals surface area contributed by atoms with Gasteiger partial charge in [-0.15, -0.1) is 16.4 Å². The van der Waals surface area contributed by atoms with Gasteiger partial charge in [0.05, 0.1) is 29.0 Å². The predicted octanol–water partition coefficient (Wildman–Crippen LogP) is 2.29. The van der Waals surface area contributed by atoms with Crippen molar-refractivity contribution in [2.75, 3.05) is 0 Å². The minimum Gasteiger partial charge on any atom is -0.342 e. The van der Waals surface area contributed by atoms with Crippen molar-refractivity contribution in [2.24, 2.45) is 5.73 Å². The fraction of sp³-hybridized carbons (Fsp3) is 0.647. The van der Waals surface area contributed by atoms with E-state index in [-0.39, 0.29) is 11.9 Å². The van der Waals surface area contributed by atoms with Crippen LogP contribution in [0.2, 0.25) is 0 Å². The summed E-state index contributed by atoms with van der Waals surface area (Å²) in [6.07, 6.45) is 8.83. The molecule has 2 aromatic rings. The lowest BCUT2D eigenvalue weighted by molar-refractivity contribution is 0.0926. The molecule has 25 heavy (non-hydrogen) atoms. The highest BCUT2D eigenvalue weighted by Crippen LogP contribution is 2.33. The van der Waals surface area contributed by atoms with Gasteiger partial charge in [-0.25, -0.2) is 9.67 Å². The largest absolute Gasteiger partial charge is 0.342 e. The van der Waals surface area contributed by atoms with Crippen molar-refractivity contribution in [3.8, 4) is 0 Å². The van der Waals surface area contributed by atoms with Gasteiger partial charge >= 0.3 is 0 Å². The van der Waals surface area contributed by atoms with E-state index in [4.69, 9.17) is 5.73 Å². The van der Waals surface area contributed by atoms with Gasteiger partial charge in [0.15, 0.2) is 5.69 Å². The summed E-state index contributed by atoms with van der Waals surface area (Å²) in [5.41, 5.74) is 7.38. The zero-order chi connectivity index (χ0) is 17.4. The fourth-order valence-electron chi connectivity index (χ4n) is 3.84. The molecule has 134 valence electrons. The quantitative estimate of drug-likeness (QED) is 0.875. The van der Waals surface area contributed by atoms with Crippen LogP contribution < -0.4 is 11.1 Å². The van der Waals surface area contributed by atoms with Gasteiger partial charge in [0.2, 0.25) is 0 Å². The number of aromatic nitrogens is 4. The van der Waals surface area contributed by atoms with Gasteiger partial charge in [-0.05, 0) is 51.9 Å². The summed E-state index contributed by atoms with van der Waals surface area (Å²) in [6, 6.07) is 0.583. The molecule has 0 aliphatic heterocycles. The number of fused-ring (bicyclic) bond motifs is 1. The summed E-state index contributed by atoms with van der Waals surface area (Å²) >= 11 is 1.74. The molecule has 2 heterocycles. The number of carbonyl (C=O) groups is 1. The Bertz CT molecular complexity index is 761. The molecular formula is C17H24N6OS. The lowest BCUT2D eigenvalue weighted by atomic mass is 9.92. The molecule has 1 atom stereocenters. The first-order valence-electron chi connectivity index (χ1n) is 9.04. The van der Waals surface area contributed by atoms with E-state index in [1.54, 1.807) is 17.5 Å². The lowest BCUT2D eigenvalue weighted by Gasteiger charge is -2.25. The smallest absolute Gasteiger partial charge is 0.273 e. The Labute approximate surface area is 151 Å². The molecular weight excluding hydrogens is 336 g/mol. The second-order valence-corrected chi connectivity index (χ2v) is 8.40. The van der Waals surface area contributed by atoms with Crippen LogP contribution in [-0.4, -0.2) is 31.9 Å². The number of amides is 1. The van der Waals surface area contributed by atoms with Crippen molar-refractivity contribution in [3.05, 3.63) is 27.5 Å². The standard InChI is InChI=1S/C17H24N6OS/c1-10-19-16-13(3-2-4-15(16)25-10)20-17(24)14-9-23(22-21-14)12-7-5-11(18)6-8-12/h9,11-13H,2-8,18H2,1H3,(H,20,24)/t11?,12?,13-/m1/s1. The third kappa shape index (κ3) is 3.46. The average Bonchev–Trinajstić information content (AvgIpc) is 3.22. The predicted molar refractivity (Wildman–Crippen MR) is 95.5 cm³/mol. The molecule has 2 aromatic heterocycles. The first kappa shape index (κ1) is 16.7. The van der Waals surface area contributed by atoms with Crippen molar-refractivity contribution in [3.63, 3.8) is 0 Å². The van der Waals surface area contributed by atoms with E-state index < -0.39 is 0 Å². The molecule has 2 aliphatic rings. The number of aryl methyl sites for hydroxylation is 2. The van der Waals surface area contributed by atoms with Gasteiger partial charge in [0, 0.05) is 10.9 Å². The van der Waals surface area contributed by atoms with Gasteiger partial charge < -0.3 is 11.1 Å². The molecule has 2 aliphatic carbocycles. The van der Waals surface area contributed by atoms with E-state index in [1.807, 2.05) is 11.6 Å². The Morgan fingerprint density at radius 3 is 2.92 bits per heavy atom. The fourth-order valence-corrected chi connectivity index (χ4v) is 4.88. The normalized spacial score (nSPS) is 26.2. The highest BCUT2D eigenvalue weighted by atomic mass is 32.1. The van der Waals surface area contributed by atoms with Gasteiger partial charge in [-0.3, -0.25) is 4.79 Å². The van der Waals surface area contributed by atoms with Crippen LogP contribution in [0, 0.1) is 6.92 Å². The lowest BCUT2D eigenvalue weighted by Crippen LogP contribution is -2.31. The molecule has 0 saturated heterocycles. The van der Waals surface area contributed by atoms with Gasteiger partial charge in [-0.2, -0.15) is 0 Å². The highest BCUT2D eigenvalue weighted by molar-refractivity contribution is 7.11. The maximum Gasteiger partial charge on any atom is 0.273 e. The molecule has 7 nitrogen and oxygen atoms in total. The molecule has 0 bridgehead atoms. The summed E-state index contributed by atoms with van der Waals surface area (Å²) in [5.74, 6) is -0.165. The second kappa shape index (κ2) is 6.84. The van der Waals surface area contributed by atoms with Gasteiger partial charge in [0.1, 0.15) is 0 Å². The molecule has 0 spiro atoms. The van der Waals surface area contributed by atoms with E-state index in [9.17, 15) is 4.79 Å². The minimum atomic E-state index is -0.165. The van der Waals surface area contributed by atoms with Gasteiger partial charge in [-0.1, -0.05) is 5.21 Å². The zero-order valence-corrected chi connectivity index (χ0v) is 15.3. The summed E-state index contributed by atoms with van der Waals surface area (Å²) in [4.78, 5) is 18.5. The van der Waals surface area contributed by atoms with Crippen molar-refractivity contribution >= 4 is 17.2 Å².